The van der Waals surface area contributed by atoms with Crippen molar-refractivity contribution in [2.24, 2.45) is 5.92 Å². The maximum atomic E-state index is 13.1. The Kier molecular flexibility index (Phi) is 10.7. The molecular weight excluding hydrogens is 504 g/mol. The molecule has 1 atom stereocenters. The van der Waals surface area contributed by atoms with Crippen molar-refractivity contribution in [2.45, 2.75) is 52.4 Å². The third-order valence-electron chi connectivity index (χ3n) is 5.79. The molecule has 0 spiro atoms. The molecule has 10 nitrogen and oxygen atoms in total. The number of urea groups is 1. The van der Waals surface area contributed by atoms with Crippen LogP contribution in [0.1, 0.15) is 38.3 Å². The van der Waals surface area contributed by atoms with E-state index in [9.17, 15) is 19.2 Å². The predicted octanol–water partition coefficient (Wildman–Crippen LogP) is 2.86. The minimum absolute atomic E-state index is 0.0764. The van der Waals surface area contributed by atoms with Crippen molar-refractivity contribution in [3.8, 4) is 11.5 Å². The van der Waals surface area contributed by atoms with E-state index in [2.05, 4.69) is 20.9 Å². The molecule has 0 aromatic heterocycles. The third kappa shape index (κ3) is 8.34. The smallest absolute Gasteiger partial charge is 0.307 e. The number of fused-ring (bicyclic) bond motifs is 1. The summed E-state index contributed by atoms with van der Waals surface area (Å²) in [5.74, 6) is -0.274. The zero-order chi connectivity index (χ0) is 27.5. The average Bonchev–Trinajstić information content (AvgIpc) is 2.92. The van der Waals surface area contributed by atoms with Crippen molar-refractivity contribution in [3.63, 3.8) is 0 Å². The van der Waals surface area contributed by atoms with E-state index in [1.54, 1.807) is 25.1 Å². The Bertz CT molecular complexity index is 1130. The molecule has 1 aliphatic rings. The van der Waals surface area contributed by atoms with Crippen molar-refractivity contribution in [3.05, 3.63) is 59.7 Å². The number of ether oxygens (including phenoxy) is 2. The van der Waals surface area contributed by atoms with Gasteiger partial charge in [-0.25, -0.2) is 4.79 Å². The Morgan fingerprint density at radius 2 is 1.66 bits per heavy atom. The first-order chi connectivity index (χ1) is 18.3. The van der Waals surface area contributed by atoms with Crippen LogP contribution in [0.2, 0.25) is 6.04 Å². The average molecular weight is 540 g/mol. The van der Waals surface area contributed by atoms with Crippen molar-refractivity contribution in [1.29, 1.82) is 0 Å². The van der Waals surface area contributed by atoms with Crippen LogP contribution in [0.3, 0.4) is 0 Å². The number of carbonyl (C=O) groups is 4. The lowest BCUT2D eigenvalue weighted by Crippen LogP contribution is -2.57. The highest BCUT2D eigenvalue weighted by atomic mass is 28.3. The van der Waals surface area contributed by atoms with Gasteiger partial charge < -0.3 is 30.4 Å². The summed E-state index contributed by atoms with van der Waals surface area (Å²) in [6.45, 7) is 6.87. The lowest BCUT2D eigenvalue weighted by atomic mass is 10.1. The van der Waals surface area contributed by atoms with E-state index in [0.717, 1.165) is 5.56 Å². The third-order valence-corrected chi connectivity index (χ3v) is 8.23. The van der Waals surface area contributed by atoms with E-state index in [0.29, 0.717) is 42.9 Å². The maximum Gasteiger partial charge on any atom is 0.307 e. The van der Waals surface area contributed by atoms with Crippen LogP contribution in [-0.2, 0) is 22.7 Å². The molecule has 1 aliphatic heterocycles. The summed E-state index contributed by atoms with van der Waals surface area (Å²) in [6, 6.07) is 13.8. The molecule has 1 unspecified atom stereocenters. The van der Waals surface area contributed by atoms with Crippen LogP contribution < -0.4 is 30.4 Å². The number of benzene rings is 2. The van der Waals surface area contributed by atoms with Crippen molar-refractivity contribution < 1.29 is 28.7 Å². The van der Waals surface area contributed by atoms with Crippen LogP contribution in [0, 0.1) is 5.92 Å². The number of carbonyl (C=O) groups excluding carboxylic acids is 4. The van der Waals surface area contributed by atoms with Gasteiger partial charge in [0, 0.05) is 18.7 Å². The Balaban J connectivity index is 1.56. The lowest BCUT2D eigenvalue weighted by Gasteiger charge is -2.22. The topological polar surface area (TPSA) is 135 Å². The van der Waals surface area contributed by atoms with Gasteiger partial charge in [-0.1, -0.05) is 63.2 Å². The molecule has 3 rings (SSSR count). The Hall–Kier alpha value is -3.86. The van der Waals surface area contributed by atoms with Crippen LogP contribution in [-0.4, -0.2) is 51.5 Å². The summed E-state index contributed by atoms with van der Waals surface area (Å²) in [5.41, 5.74) is 1.20. The number of para-hydroxylation sites is 1. The van der Waals surface area contributed by atoms with E-state index >= 15 is 0 Å². The van der Waals surface area contributed by atoms with Crippen molar-refractivity contribution in [1.82, 2.24) is 20.9 Å². The van der Waals surface area contributed by atoms with Crippen molar-refractivity contribution >= 4 is 32.2 Å². The summed E-state index contributed by atoms with van der Waals surface area (Å²) in [5, 5.41) is 8.07. The van der Waals surface area contributed by atoms with Crippen LogP contribution >= 0.6 is 0 Å². The van der Waals surface area contributed by atoms with E-state index < -0.39 is 38.3 Å². The van der Waals surface area contributed by atoms with Gasteiger partial charge in [-0.15, -0.1) is 0 Å². The summed E-state index contributed by atoms with van der Waals surface area (Å²) in [4.78, 5) is 53.9. The fraction of sp³-hybridized carbons (Fsp3) is 0.407. The minimum atomic E-state index is -2.08. The molecular formula is C27H35N4O6Si. The number of nitrogens with one attached hydrogen (secondary N) is 4. The van der Waals surface area contributed by atoms with Gasteiger partial charge in [-0.3, -0.25) is 14.4 Å². The molecule has 0 aliphatic carbocycles. The molecule has 2 aromatic carbocycles. The highest BCUT2D eigenvalue weighted by Crippen LogP contribution is 2.33. The first kappa shape index (κ1) is 28.7. The molecule has 1 radical (unpaired) electrons. The van der Waals surface area contributed by atoms with Crippen LogP contribution in [0.4, 0.5) is 9.59 Å². The molecule has 2 aromatic rings. The Labute approximate surface area is 224 Å². The molecule has 0 saturated heterocycles. The Morgan fingerprint density at radius 3 is 2.37 bits per heavy atom. The maximum absolute atomic E-state index is 13.1. The number of hydrogen-bond acceptors (Lipinski definition) is 6. The van der Waals surface area contributed by atoms with E-state index in [1.807, 2.05) is 44.2 Å². The van der Waals surface area contributed by atoms with E-state index in [1.165, 1.54) is 0 Å². The minimum Gasteiger partial charge on any atom is -0.486 e. The lowest BCUT2D eigenvalue weighted by molar-refractivity contribution is -0.139. The molecule has 0 bridgehead atoms. The summed E-state index contributed by atoms with van der Waals surface area (Å²) in [6.07, 6.45) is 0.229. The standard InChI is InChI=1S/C27H35N4O6Si/c1-4-21(23(32)25(33)28-16-20-11-8-12-22-24(20)37-14-13-36-22)30-27(35)38(17-18(2)3)31-26(34)29-15-19-9-6-5-7-10-19/h5-12,18,21H,4,13-17H2,1-3H3,(H,28,33)(H,30,35)(H2,29,31,34). The van der Waals surface area contributed by atoms with E-state index in [-0.39, 0.29) is 18.9 Å². The van der Waals surface area contributed by atoms with Gasteiger partial charge >= 0.3 is 6.03 Å². The number of ketones is 1. The summed E-state index contributed by atoms with van der Waals surface area (Å²) >= 11 is 0. The highest BCUT2D eigenvalue weighted by Gasteiger charge is 2.31. The monoisotopic (exact) mass is 539 g/mol. The first-order valence-corrected chi connectivity index (χ1v) is 14.4. The molecule has 0 saturated carbocycles. The van der Waals surface area contributed by atoms with Gasteiger partial charge in [0.1, 0.15) is 13.2 Å². The Morgan fingerprint density at radius 1 is 0.921 bits per heavy atom. The number of hydrogen-bond donors (Lipinski definition) is 4. The second kappa shape index (κ2) is 14.2. The normalized spacial score (nSPS) is 13.0. The van der Waals surface area contributed by atoms with E-state index in [4.69, 9.17) is 9.47 Å². The zero-order valence-corrected chi connectivity index (χ0v) is 23.0. The van der Waals surface area contributed by atoms with Crippen LogP contribution in [0.15, 0.2) is 48.5 Å². The quantitative estimate of drug-likeness (QED) is 0.242. The second-order valence-corrected chi connectivity index (χ2v) is 11.4. The number of Topliss-reactive ketones (excluding diaryl/α,β-unsaturated/α-hetero) is 1. The molecule has 38 heavy (non-hydrogen) atoms. The fourth-order valence-corrected chi connectivity index (χ4v) is 5.79. The molecule has 1 heterocycles. The van der Waals surface area contributed by atoms with Gasteiger partial charge in [0.15, 0.2) is 11.5 Å². The molecule has 4 amide bonds. The highest BCUT2D eigenvalue weighted by molar-refractivity contribution is 6.89. The van der Waals surface area contributed by atoms with Gasteiger partial charge in [0.05, 0.1) is 6.04 Å². The first-order valence-electron chi connectivity index (χ1n) is 12.7. The van der Waals surface area contributed by atoms with Gasteiger partial charge in [0.25, 0.3) is 14.9 Å². The number of rotatable bonds is 12. The largest absolute Gasteiger partial charge is 0.486 e. The SMILES string of the molecule is CCC(NC(=O)[Si](CC(C)C)NC(=O)NCc1ccccc1)C(=O)C(=O)NCc1cccc2c1OCCO2. The van der Waals surface area contributed by atoms with Gasteiger partial charge in [-0.2, -0.15) is 0 Å². The van der Waals surface area contributed by atoms with Crippen molar-refractivity contribution in [2.75, 3.05) is 13.2 Å². The molecule has 4 N–H and O–H groups in total. The molecule has 0 fully saturated rings. The van der Waals surface area contributed by atoms with Gasteiger partial charge in [0.2, 0.25) is 11.3 Å². The predicted molar refractivity (Wildman–Crippen MR) is 144 cm³/mol. The molecule has 11 heteroatoms. The summed E-state index contributed by atoms with van der Waals surface area (Å²) in [7, 11) is -2.08. The zero-order valence-electron chi connectivity index (χ0n) is 22.0. The van der Waals surface area contributed by atoms with Crippen LogP contribution in [0.5, 0.6) is 11.5 Å². The van der Waals surface area contributed by atoms with Crippen LogP contribution in [0.25, 0.3) is 0 Å². The molecule has 203 valence electrons. The fourth-order valence-electron chi connectivity index (χ4n) is 3.86. The summed E-state index contributed by atoms with van der Waals surface area (Å²) < 4.78 is 11.2. The van der Waals surface area contributed by atoms with Gasteiger partial charge in [-0.05, 0) is 30.0 Å². The number of amides is 4. The second-order valence-electron chi connectivity index (χ2n) is 9.29.